The van der Waals surface area contributed by atoms with Gasteiger partial charge in [0.2, 0.25) is 0 Å². The fourth-order valence-corrected chi connectivity index (χ4v) is 1.65. The van der Waals surface area contributed by atoms with E-state index in [0.717, 1.165) is 19.4 Å². The van der Waals surface area contributed by atoms with Crippen LogP contribution in [0.1, 0.15) is 19.3 Å². The zero-order valence-electron chi connectivity index (χ0n) is 8.08. The number of hydrogen-bond acceptors (Lipinski definition) is 4. The van der Waals surface area contributed by atoms with Crippen LogP contribution in [0.3, 0.4) is 0 Å². The number of hydrogen-bond donors (Lipinski definition) is 0. The third-order valence-electron chi connectivity index (χ3n) is 2.44. The molecule has 4 nitrogen and oxygen atoms in total. The Labute approximate surface area is 77.8 Å². The lowest BCUT2D eigenvalue weighted by Gasteiger charge is -2.16. The summed E-state index contributed by atoms with van der Waals surface area (Å²) in [6.45, 7) is 0.942. The van der Waals surface area contributed by atoms with E-state index in [1.165, 1.54) is 7.11 Å². The number of esters is 1. The number of Topliss-reactive ketones (excluding diaryl/α,β-unsaturated/α-hetero) is 1. The van der Waals surface area contributed by atoms with Gasteiger partial charge in [-0.2, -0.15) is 0 Å². The van der Waals surface area contributed by atoms with Crippen LogP contribution >= 0.6 is 0 Å². The van der Waals surface area contributed by atoms with Crippen molar-refractivity contribution in [3.05, 3.63) is 0 Å². The largest absolute Gasteiger partial charge is 0.469 e. The first-order valence-electron chi connectivity index (χ1n) is 4.45. The van der Waals surface area contributed by atoms with Gasteiger partial charge in [-0.05, 0) is 26.4 Å². The molecule has 1 atom stereocenters. The molecule has 0 amide bonds. The Morgan fingerprint density at radius 2 is 2.23 bits per heavy atom. The van der Waals surface area contributed by atoms with Crippen LogP contribution in [0.2, 0.25) is 0 Å². The Morgan fingerprint density at radius 3 is 2.69 bits per heavy atom. The normalized spacial score (nSPS) is 23.1. The van der Waals surface area contributed by atoms with E-state index in [1.54, 1.807) is 0 Å². The monoisotopic (exact) mass is 185 g/mol. The van der Waals surface area contributed by atoms with Gasteiger partial charge in [0, 0.05) is 0 Å². The molecule has 0 radical (unpaired) electrons. The summed E-state index contributed by atoms with van der Waals surface area (Å²) in [6.07, 6.45) is 1.81. The topological polar surface area (TPSA) is 46.6 Å². The van der Waals surface area contributed by atoms with Crippen LogP contribution in [0.25, 0.3) is 0 Å². The van der Waals surface area contributed by atoms with E-state index in [4.69, 9.17) is 0 Å². The SMILES string of the molecule is COC(=O)CC(=O)[C@@H]1CCCN1C. The van der Waals surface area contributed by atoms with Gasteiger partial charge >= 0.3 is 5.97 Å². The van der Waals surface area contributed by atoms with Gasteiger partial charge in [-0.15, -0.1) is 0 Å². The quantitative estimate of drug-likeness (QED) is 0.466. The van der Waals surface area contributed by atoms with Crippen molar-refractivity contribution in [3.63, 3.8) is 0 Å². The Hall–Kier alpha value is -0.900. The first-order chi connectivity index (χ1) is 6.15. The third kappa shape index (κ3) is 2.52. The molecular formula is C9H15NO3. The molecule has 0 aromatic heterocycles. The molecule has 1 heterocycles. The summed E-state index contributed by atoms with van der Waals surface area (Å²) in [6, 6.07) is -0.0703. The van der Waals surface area contributed by atoms with Crippen LogP contribution in [0.4, 0.5) is 0 Å². The van der Waals surface area contributed by atoms with E-state index >= 15 is 0 Å². The number of methoxy groups -OCH3 is 1. The molecule has 1 rings (SSSR count). The van der Waals surface area contributed by atoms with Crippen molar-refractivity contribution in [1.82, 2.24) is 4.90 Å². The Balaban J connectivity index is 2.43. The van der Waals surface area contributed by atoms with Crippen LogP contribution in [0.15, 0.2) is 0 Å². The Kier molecular flexibility index (Phi) is 3.42. The second kappa shape index (κ2) is 4.37. The van der Waals surface area contributed by atoms with Gasteiger partial charge < -0.3 is 4.74 Å². The highest BCUT2D eigenvalue weighted by atomic mass is 16.5. The predicted molar refractivity (Wildman–Crippen MR) is 47.3 cm³/mol. The van der Waals surface area contributed by atoms with Gasteiger partial charge in [0.1, 0.15) is 6.42 Å². The van der Waals surface area contributed by atoms with Crippen LogP contribution in [0, 0.1) is 0 Å². The second-order valence-electron chi connectivity index (χ2n) is 3.36. The predicted octanol–water partition coefficient (Wildman–Crippen LogP) is 0.213. The molecule has 1 aliphatic heterocycles. The van der Waals surface area contributed by atoms with Crippen molar-refractivity contribution >= 4 is 11.8 Å². The number of likely N-dealkylation sites (N-methyl/N-ethyl adjacent to an activating group) is 1. The van der Waals surface area contributed by atoms with Gasteiger partial charge in [-0.3, -0.25) is 14.5 Å². The lowest BCUT2D eigenvalue weighted by Crippen LogP contribution is -2.34. The minimum atomic E-state index is -0.440. The first-order valence-corrected chi connectivity index (χ1v) is 4.45. The van der Waals surface area contributed by atoms with Crippen LogP contribution in [-0.4, -0.2) is 43.4 Å². The van der Waals surface area contributed by atoms with Gasteiger partial charge in [0.15, 0.2) is 5.78 Å². The van der Waals surface area contributed by atoms with Crippen LogP contribution < -0.4 is 0 Å². The number of likely N-dealkylation sites (tertiary alicyclic amines) is 1. The summed E-state index contributed by atoms with van der Waals surface area (Å²) in [5.74, 6) is -0.461. The fourth-order valence-electron chi connectivity index (χ4n) is 1.65. The van der Waals surface area contributed by atoms with Crippen LogP contribution in [0.5, 0.6) is 0 Å². The molecule has 0 aliphatic carbocycles. The summed E-state index contributed by atoms with van der Waals surface area (Å²) in [7, 11) is 3.21. The van der Waals surface area contributed by atoms with Gasteiger partial charge in [-0.1, -0.05) is 0 Å². The van der Waals surface area contributed by atoms with Gasteiger partial charge in [0.25, 0.3) is 0 Å². The highest BCUT2D eigenvalue weighted by Crippen LogP contribution is 2.16. The number of ketones is 1. The minimum Gasteiger partial charge on any atom is -0.469 e. The van der Waals surface area contributed by atoms with E-state index in [9.17, 15) is 9.59 Å². The molecule has 0 saturated carbocycles. The lowest BCUT2D eigenvalue weighted by atomic mass is 10.1. The maximum Gasteiger partial charge on any atom is 0.313 e. The number of ether oxygens (including phenoxy) is 1. The number of carbonyl (C=O) groups is 2. The number of rotatable bonds is 3. The summed E-state index contributed by atoms with van der Waals surface area (Å²) in [5.41, 5.74) is 0. The maximum atomic E-state index is 11.5. The lowest BCUT2D eigenvalue weighted by molar-refractivity contribution is -0.144. The van der Waals surface area contributed by atoms with Crippen molar-refractivity contribution in [3.8, 4) is 0 Å². The number of nitrogens with zero attached hydrogens (tertiary/aromatic N) is 1. The molecule has 1 fully saturated rings. The smallest absolute Gasteiger partial charge is 0.313 e. The Bertz CT molecular complexity index is 215. The zero-order valence-corrected chi connectivity index (χ0v) is 8.08. The van der Waals surface area contributed by atoms with Crippen molar-refractivity contribution < 1.29 is 14.3 Å². The molecule has 0 aromatic rings. The maximum absolute atomic E-state index is 11.5. The molecule has 0 N–H and O–H groups in total. The standard InChI is InChI=1S/C9H15NO3/c1-10-5-3-4-7(10)8(11)6-9(12)13-2/h7H,3-6H2,1-2H3/t7-/m0/s1. The first kappa shape index (κ1) is 10.2. The molecule has 1 saturated heterocycles. The van der Waals surface area contributed by atoms with E-state index in [1.807, 2.05) is 11.9 Å². The van der Waals surface area contributed by atoms with Crippen molar-refractivity contribution in [2.75, 3.05) is 20.7 Å². The van der Waals surface area contributed by atoms with Crippen molar-refractivity contribution in [2.45, 2.75) is 25.3 Å². The molecule has 0 spiro atoms. The molecule has 4 heteroatoms. The van der Waals surface area contributed by atoms with Crippen molar-refractivity contribution in [2.24, 2.45) is 0 Å². The highest BCUT2D eigenvalue weighted by molar-refractivity contribution is 5.98. The van der Waals surface area contributed by atoms with Crippen molar-refractivity contribution in [1.29, 1.82) is 0 Å². The average molecular weight is 185 g/mol. The zero-order chi connectivity index (χ0) is 9.84. The Morgan fingerprint density at radius 1 is 1.54 bits per heavy atom. The van der Waals surface area contributed by atoms with E-state index < -0.39 is 5.97 Å². The summed E-state index contributed by atoms with van der Waals surface area (Å²) < 4.78 is 4.44. The van der Waals surface area contributed by atoms with Crippen LogP contribution in [-0.2, 0) is 14.3 Å². The second-order valence-corrected chi connectivity index (χ2v) is 3.36. The number of carbonyl (C=O) groups excluding carboxylic acids is 2. The molecule has 13 heavy (non-hydrogen) atoms. The minimum absolute atomic E-state index is 0.0214. The average Bonchev–Trinajstić information content (AvgIpc) is 2.51. The molecule has 0 bridgehead atoms. The highest BCUT2D eigenvalue weighted by Gasteiger charge is 2.28. The third-order valence-corrected chi connectivity index (χ3v) is 2.44. The summed E-state index contributed by atoms with van der Waals surface area (Å²) in [5, 5.41) is 0. The van der Waals surface area contributed by atoms with Gasteiger partial charge in [0.05, 0.1) is 13.2 Å². The van der Waals surface area contributed by atoms with E-state index in [0.29, 0.717) is 0 Å². The van der Waals surface area contributed by atoms with E-state index in [-0.39, 0.29) is 18.2 Å². The fraction of sp³-hybridized carbons (Fsp3) is 0.778. The van der Waals surface area contributed by atoms with Gasteiger partial charge in [-0.25, -0.2) is 0 Å². The summed E-state index contributed by atoms with van der Waals surface area (Å²) >= 11 is 0. The molecule has 0 unspecified atom stereocenters. The summed E-state index contributed by atoms with van der Waals surface area (Å²) in [4.78, 5) is 24.3. The molecule has 1 aliphatic rings. The molecule has 74 valence electrons. The molecular weight excluding hydrogens is 170 g/mol. The molecule has 0 aromatic carbocycles. The van der Waals surface area contributed by atoms with E-state index in [2.05, 4.69) is 4.74 Å².